The molecule has 33 heavy (non-hydrogen) atoms. The summed E-state index contributed by atoms with van der Waals surface area (Å²) in [5.74, 6) is -0.0743. The summed E-state index contributed by atoms with van der Waals surface area (Å²) in [5, 5.41) is 8.15. The maximum Gasteiger partial charge on any atom is 0.248 e. The van der Waals surface area contributed by atoms with Gasteiger partial charge in [-0.3, -0.25) is 0 Å². The number of nitrogens with zero attached hydrogens (tertiary/aromatic N) is 4. The predicted octanol–water partition coefficient (Wildman–Crippen LogP) is 6.35. The van der Waals surface area contributed by atoms with Crippen LogP contribution in [0.3, 0.4) is 0 Å². The number of rotatable bonds is 7. The van der Waals surface area contributed by atoms with Crippen molar-refractivity contribution in [2.75, 3.05) is 10.7 Å². The lowest BCUT2D eigenvalue weighted by atomic mass is 10.2. The third-order valence-corrected chi connectivity index (χ3v) is 5.21. The first-order valence-corrected chi connectivity index (χ1v) is 10.8. The minimum absolute atomic E-state index is 0.0831. The zero-order valence-electron chi connectivity index (χ0n) is 17.6. The van der Waals surface area contributed by atoms with Crippen molar-refractivity contribution < 1.29 is 4.39 Å². The summed E-state index contributed by atoms with van der Waals surface area (Å²) < 4.78 is 14.5. The molecule has 1 aromatic heterocycles. The van der Waals surface area contributed by atoms with Crippen molar-refractivity contribution in [2.45, 2.75) is 13.5 Å². The van der Waals surface area contributed by atoms with Crippen LogP contribution in [0.15, 0.2) is 71.8 Å². The van der Waals surface area contributed by atoms with Gasteiger partial charge in [-0.15, -0.1) is 0 Å². The molecule has 0 radical (unpaired) electrons. The summed E-state index contributed by atoms with van der Waals surface area (Å²) in [4.78, 5) is 13.0. The summed E-state index contributed by atoms with van der Waals surface area (Å²) in [5.41, 5.74) is 5.90. The lowest BCUT2D eigenvalue weighted by Gasteiger charge is -2.10. The fourth-order valence-electron chi connectivity index (χ4n) is 2.93. The molecule has 166 valence electrons. The van der Waals surface area contributed by atoms with Gasteiger partial charge in [-0.1, -0.05) is 71.2 Å². The minimum atomic E-state index is -0.536. The van der Waals surface area contributed by atoms with Crippen molar-refractivity contribution >= 4 is 41.3 Å². The minimum Gasteiger partial charge on any atom is -0.350 e. The van der Waals surface area contributed by atoms with E-state index in [0.29, 0.717) is 11.6 Å². The highest BCUT2D eigenvalue weighted by Crippen LogP contribution is 2.29. The van der Waals surface area contributed by atoms with Crippen molar-refractivity contribution in [3.8, 4) is 11.4 Å². The smallest absolute Gasteiger partial charge is 0.248 e. The Kier molecular flexibility index (Phi) is 7.12. The van der Waals surface area contributed by atoms with Gasteiger partial charge in [0.25, 0.3) is 0 Å². The molecule has 0 aliphatic rings. The molecule has 6 nitrogen and oxygen atoms in total. The van der Waals surface area contributed by atoms with Crippen LogP contribution >= 0.6 is 23.2 Å². The quantitative estimate of drug-likeness (QED) is 0.238. The molecular formula is C24H19Cl2FN6. The van der Waals surface area contributed by atoms with E-state index in [1.165, 1.54) is 12.1 Å². The van der Waals surface area contributed by atoms with E-state index in [-0.39, 0.29) is 28.3 Å². The van der Waals surface area contributed by atoms with Crippen molar-refractivity contribution in [1.29, 1.82) is 0 Å². The molecular weight excluding hydrogens is 462 g/mol. The summed E-state index contributed by atoms with van der Waals surface area (Å²) in [6, 6.07) is 19.6. The summed E-state index contributed by atoms with van der Waals surface area (Å²) in [6.07, 6.45) is 1.64. The van der Waals surface area contributed by atoms with Crippen molar-refractivity contribution in [1.82, 2.24) is 15.0 Å². The van der Waals surface area contributed by atoms with Crippen molar-refractivity contribution in [3.05, 3.63) is 99.3 Å². The number of benzene rings is 3. The van der Waals surface area contributed by atoms with Crippen LogP contribution in [0.2, 0.25) is 10.0 Å². The Morgan fingerprint density at radius 1 is 0.909 bits per heavy atom. The van der Waals surface area contributed by atoms with E-state index in [0.717, 1.165) is 16.7 Å². The lowest BCUT2D eigenvalue weighted by molar-refractivity contribution is 0.630. The Bertz CT molecular complexity index is 1260. The topological polar surface area (TPSA) is 75.1 Å². The first kappa shape index (κ1) is 22.6. The number of nitrogens with one attached hydrogen (secondary N) is 2. The number of hydrogen-bond acceptors (Lipinski definition) is 6. The number of anilines is 2. The Labute approximate surface area is 200 Å². The molecule has 0 bridgehead atoms. The molecule has 4 rings (SSSR count). The van der Waals surface area contributed by atoms with Gasteiger partial charge in [-0.25, -0.2) is 9.82 Å². The highest BCUT2D eigenvalue weighted by molar-refractivity contribution is 6.33. The third kappa shape index (κ3) is 6.03. The summed E-state index contributed by atoms with van der Waals surface area (Å²) in [7, 11) is 0. The van der Waals surface area contributed by atoms with Gasteiger partial charge in [-0.05, 0) is 42.3 Å². The van der Waals surface area contributed by atoms with E-state index >= 15 is 0 Å². The molecule has 0 unspecified atom stereocenters. The molecule has 0 atom stereocenters. The summed E-state index contributed by atoms with van der Waals surface area (Å²) >= 11 is 12.2. The number of aryl methyl sites for hydroxylation is 1. The zero-order chi connectivity index (χ0) is 23.2. The van der Waals surface area contributed by atoms with Gasteiger partial charge in [0.2, 0.25) is 11.9 Å². The monoisotopic (exact) mass is 480 g/mol. The highest BCUT2D eigenvalue weighted by Gasteiger charge is 2.15. The first-order valence-electron chi connectivity index (χ1n) is 10.0. The van der Waals surface area contributed by atoms with Crippen LogP contribution < -0.4 is 10.7 Å². The van der Waals surface area contributed by atoms with E-state index in [1.54, 1.807) is 24.4 Å². The second kappa shape index (κ2) is 10.4. The Hall–Kier alpha value is -3.55. The number of hydrogen-bond donors (Lipinski definition) is 2. The van der Waals surface area contributed by atoms with Gasteiger partial charge >= 0.3 is 0 Å². The molecule has 0 saturated carbocycles. The van der Waals surface area contributed by atoms with Crippen molar-refractivity contribution in [2.24, 2.45) is 5.10 Å². The lowest BCUT2D eigenvalue weighted by Crippen LogP contribution is -2.09. The highest BCUT2D eigenvalue weighted by atomic mass is 35.5. The fraction of sp³-hybridized carbons (Fsp3) is 0.0833. The molecule has 1 heterocycles. The van der Waals surface area contributed by atoms with Crippen LogP contribution in [-0.2, 0) is 6.54 Å². The van der Waals surface area contributed by atoms with E-state index < -0.39 is 5.82 Å². The van der Waals surface area contributed by atoms with Gasteiger partial charge < -0.3 is 5.32 Å². The van der Waals surface area contributed by atoms with Gasteiger partial charge in [-0.2, -0.15) is 20.1 Å². The number of aromatic nitrogens is 3. The normalized spacial score (nSPS) is 11.0. The van der Waals surface area contributed by atoms with Crippen LogP contribution in [-0.4, -0.2) is 21.2 Å². The van der Waals surface area contributed by atoms with Gasteiger partial charge in [0.15, 0.2) is 5.82 Å². The largest absolute Gasteiger partial charge is 0.350 e. The van der Waals surface area contributed by atoms with Crippen LogP contribution in [0.4, 0.5) is 16.3 Å². The molecule has 0 spiro atoms. The summed E-state index contributed by atoms with van der Waals surface area (Å²) in [6.45, 7) is 2.44. The molecule has 0 fully saturated rings. The molecule has 0 amide bonds. The van der Waals surface area contributed by atoms with E-state index in [4.69, 9.17) is 23.2 Å². The Morgan fingerprint density at radius 3 is 2.36 bits per heavy atom. The van der Waals surface area contributed by atoms with Crippen LogP contribution in [0.1, 0.15) is 16.7 Å². The molecule has 9 heteroatoms. The third-order valence-electron chi connectivity index (χ3n) is 4.64. The van der Waals surface area contributed by atoms with Crippen LogP contribution in [0.5, 0.6) is 0 Å². The van der Waals surface area contributed by atoms with E-state index in [2.05, 4.69) is 30.8 Å². The molecule has 3 aromatic carbocycles. The standard InChI is InChI=1S/C24H19Cl2FN6/c1-15-5-7-17(8-6-15)14-29-33-24-31-22(21-19(26)3-2-4-20(21)27)30-23(32-24)28-13-16-9-11-18(25)12-10-16/h2-12,14H,13H2,1H3,(H2,28,30,31,32,33). The maximum atomic E-state index is 14.5. The average molecular weight is 481 g/mol. The Morgan fingerprint density at radius 2 is 1.64 bits per heavy atom. The molecule has 4 aromatic rings. The molecule has 0 saturated heterocycles. The second-order valence-corrected chi connectivity index (χ2v) is 8.01. The maximum absolute atomic E-state index is 14.5. The van der Waals surface area contributed by atoms with Gasteiger partial charge in [0.1, 0.15) is 5.82 Å². The van der Waals surface area contributed by atoms with Crippen LogP contribution in [0, 0.1) is 12.7 Å². The number of hydrazone groups is 1. The Balaban J connectivity index is 1.62. The second-order valence-electron chi connectivity index (χ2n) is 7.16. The van der Waals surface area contributed by atoms with E-state index in [9.17, 15) is 4.39 Å². The molecule has 2 N–H and O–H groups in total. The zero-order valence-corrected chi connectivity index (χ0v) is 19.1. The molecule has 0 aliphatic carbocycles. The van der Waals surface area contributed by atoms with Crippen molar-refractivity contribution in [3.63, 3.8) is 0 Å². The van der Waals surface area contributed by atoms with E-state index in [1.807, 2.05) is 43.3 Å². The predicted molar refractivity (Wildman–Crippen MR) is 131 cm³/mol. The first-order chi connectivity index (χ1) is 16.0. The SMILES string of the molecule is Cc1ccc(C=NNc2nc(NCc3ccc(Cl)cc3)nc(-c3c(F)cccc3Cl)n2)cc1. The molecule has 0 aliphatic heterocycles. The fourth-order valence-corrected chi connectivity index (χ4v) is 3.30. The van der Waals surface area contributed by atoms with Gasteiger partial charge in [0.05, 0.1) is 16.8 Å². The van der Waals surface area contributed by atoms with Gasteiger partial charge in [0, 0.05) is 11.6 Å². The number of halogens is 3. The van der Waals surface area contributed by atoms with Crippen LogP contribution in [0.25, 0.3) is 11.4 Å². The average Bonchev–Trinajstić information content (AvgIpc) is 2.80.